The van der Waals surface area contributed by atoms with Crippen molar-refractivity contribution in [1.82, 2.24) is 4.90 Å². The molecule has 152 valence electrons. The Kier molecular flexibility index (Phi) is 3.33. The topological polar surface area (TPSA) is 73.2 Å². The molecule has 5 nitrogen and oxygen atoms in total. The van der Waals surface area contributed by atoms with Gasteiger partial charge in [0.2, 0.25) is 0 Å². The molecule has 6 aliphatic rings. The molecule has 3 unspecified atom stereocenters. The molecule has 5 heteroatoms. The predicted octanol–water partition coefficient (Wildman–Crippen LogP) is 1.25. The van der Waals surface area contributed by atoms with Crippen LogP contribution in [0.15, 0.2) is 0 Å². The van der Waals surface area contributed by atoms with Gasteiger partial charge in [0.1, 0.15) is 0 Å². The molecule has 27 heavy (non-hydrogen) atoms. The summed E-state index contributed by atoms with van der Waals surface area (Å²) in [5.41, 5.74) is -0.788. The Hall–Kier alpha value is -0.200. The van der Waals surface area contributed by atoms with Gasteiger partial charge in [-0.05, 0) is 49.5 Å². The normalized spacial score (nSPS) is 66.2. The van der Waals surface area contributed by atoms with Gasteiger partial charge in [0.15, 0.2) is 0 Å². The maximum absolute atomic E-state index is 12.1. The van der Waals surface area contributed by atoms with Crippen molar-refractivity contribution in [2.24, 2.45) is 40.4 Å². The molecule has 0 amide bonds. The van der Waals surface area contributed by atoms with Crippen LogP contribution in [-0.2, 0) is 4.74 Å². The number of aliphatic hydroxyl groups is 3. The second-order valence-electron chi connectivity index (χ2n) is 11.1. The molecule has 0 radical (unpaired) electrons. The first-order chi connectivity index (χ1) is 12.8. The van der Waals surface area contributed by atoms with Gasteiger partial charge in [0.25, 0.3) is 0 Å². The molecule has 1 spiro atoms. The summed E-state index contributed by atoms with van der Waals surface area (Å²) in [4.78, 5) is 2.60. The van der Waals surface area contributed by atoms with Crippen LogP contribution in [0.2, 0.25) is 0 Å². The summed E-state index contributed by atoms with van der Waals surface area (Å²) in [7, 11) is 1.73. The van der Waals surface area contributed by atoms with Gasteiger partial charge in [0.05, 0.1) is 23.9 Å². The smallest absolute Gasteiger partial charge is 0.0771 e. The van der Waals surface area contributed by atoms with Gasteiger partial charge < -0.3 is 20.1 Å². The van der Waals surface area contributed by atoms with Crippen molar-refractivity contribution in [3.8, 4) is 0 Å². The summed E-state index contributed by atoms with van der Waals surface area (Å²) in [6, 6.07) is 0.253. The molecule has 1 aliphatic heterocycles. The van der Waals surface area contributed by atoms with E-state index in [1.807, 2.05) is 0 Å². The van der Waals surface area contributed by atoms with Crippen LogP contribution in [0.25, 0.3) is 0 Å². The van der Waals surface area contributed by atoms with Crippen molar-refractivity contribution in [3.05, 3.63) is 0 Å². The fourth-order valence-electron chi connectivity index (χ4n) is 10.1. The Morgan fingerprint density at radius 1 is 1.19 bits per heavy atom. The summed E-state index contributed by atoms with van der Waals surface area (Å²) in [5.74, 6) is 0.840. The summed E-state index contributed by atoms with van der Waals surface area (Å²) < 4.78 is 5.79. The maximum atomic E-state index is 12.1. The Labute approximate surface area is 162 Å². The fourth-order valence-corrected chi connectivity index (χ4v) is 10.1. The molecule has 0 aromatic heterocycles. The number of rotatable bonds is 2. The van der Waals surface area contributed by atoms with E-state index in [1.165, 1.54) is 0 Å². The van der Waals surface area contributed by atoms with Gasteiger partial charge in [-0.3, -0.25) is 4.90 Å². The lowest BCUT2D eigenvalue weighted by molar-refractivity contribution is -0.266. The molecule has 1 heterocycles. The second-order valence-corrected chi connectivity index (χ2v) is 11.1. The van der Waals surface area contributed by atoms with Crippen LogP contribution in [0.5, 0.6) is 0 Å². The average molecular weight is 378 g/mol. The molecule has 6 rings (SSSR count). The number of hydrogen-bond donors (Lipinski definition) is 3. The minimum absolute atomic E-state index is 0.0657. The van der Waals surface area contributed by atoms with E-state index in [1.54, 1.807) is 7.11 Å². The summed E-state index contributed by atoms with van der Waals surface area (Å²) in [5, 5.41) is 34.9. The molecule has 5 aliphatic carbocycles. The van der Waals surface area contributed by atoms with Crippen molar-refractivity contribution in [2.75, 3.05) is 20.2 Å². The van der Waals surface area contributed by atoms with Gasteiger partial charge in [-0.25, -0.2) is 0 Å². The lowest BCUT2D eigenvalue weighted by Crippen LogP contribution is -2.75. The van der Waals surface area contributed by atoms with E-state index in [4.69, 9.17) is 4.74 Å². The van der Waals surface area contributed by atoms with E-state index < -0.39 is 11.7 Å². The Morgan fingerprint density at radius 3 is 2.67 bits per heavy atom. The van der Waals surface area contributed by atoms with Crippen LogP contribution < -0.4 is 0 Å². The number of aliphatic hydroxyl groups excluding tert-OH is 2. The number of ether oxygens (including phenoxy) is 1. The van der Waals surface area contributed by atoms with Gasteiger partial charge in [0, 0.05) is 49.3 Å². The molecular weight excluding hydrogens is 342 g/mol. The standard InChI is InChI=1S/C22H35NO4/c1-4-23-10-20(2)6-5-16(24)22-12-7-11-14(27-3)9-21(26,17(12)18(11)25)13(19(22)23)8-15(20)22/h11-19,24-26H,4-10H2,1-3H3/t11-,12?,13-,14?,15-,16+,17?,18+,19-,20+,21+,22-/m1/s1. The number of methoxy groups -OCH3 is 1. The fraction of sp³-hybridized carbons (Fsp3) is 1.00. The largest absolute Gasteiger partial charge is 0.392 e. The highest BCUT2D eigenvalue weighted by molar-refractivity contribution is 5.32. The van der Waals surface area contributed by atoms with E-state index in [0.29, 0.717) is 12.3 Å². The van der Waals surface area contributed by atoms with Crippen molar-refractivity contribution < 1.29 is 20.1 Å². The lowest BCUT2D eigenvalue weighted by Gasteiger charge is -2.68. The highest BCUT2D eigenvalue weighted by Crippen LogP contribution is 2.78. The van der Waals surface area contributed by atoms with Gasteiger partial charge in [-0.2, -0.15) is 0 Å². The third kappa shape index (κ3) is 1.66. The Balaban J connectivity index is 1.59. The highest BCUT2D eigenvalue weighted by atomic mass is 16.5. The maximum Gasteiger partial charge on any atom is 0.0771 e. The van der Waals surface area contributed by atoms with Crippen molar-refractivity contribution in [2.45, 2.75) is 75.9 Å². The van der Waals surface area contributed by atoms with Gasteiger partial charge in [-0.1, -0.05) is 13.8 Å². The van der Waals surface area contributed by atoms with Gasteiger partial charge >= 0.3 is 0 Å². The number of piperidine rings is 1. The molecule has 0 aromatic carbocycles. The molecule has 3 N–H and O–H groups in total. The molecular formula is C22H35NO4. The number of nitrogens with zero attached hydrogens (tertiary/aromatic N) is 1. The van der Waals surface area contributed by atoms with Crippen molar-refractivity contribution in [3.63, 3.8) is 0 Å². The minimum atomic E-state index is -0.858. The van der Waals surface area contributed by atoms with Crippen LogP contribution in [0, 0.1) is 40.4 Å². The minimum Gasteiger partial charge on any atom is -0.392 e. The second kappa shape index (κ2) is 5.10. The molecule has 12 atom stereocenters. The molecule has 7 bridgehead atoms. The Bertz CT molecular complexity index is 673. The van der Waals surface area contributed by atoms with E-state index in [2.05, 4.69) is 18.7 Å². The van der Waals surface area contributed by atoms with E-state index in [9.17, 15) is 15.3 Å². The number of likely N-dealkylation sites (tertiary alicyclic amines) is 1. The van der Waals surface area contributed by atoms with Crippen LogP contribution >= 0.6 is 0 Å². The predicted molar refractivity (Wildman–Crippen MR) is 99.9 cm³/mol. The average Bonchev–Trinajstić information content (AvgIpc) is 3.07. The van der Waals surface area contributed by atoms with Crippen molar-refractivity contribution >= 4 is 0 Å². The van der Waals surface area contributed by atoms with E-state index in [0.717, 1.165) is 38.8 Å². The van der Waals surface area contributed by atoms with E-state index >= 15 is 0 Å². The number of hydrogen-bond acceptors (Lipinski definition) is 5. The van der Waals surface area contributed by atoms with Crippen LogP contribution in [-0.4, -0.2) is 70.4 Å². The lowest BCUT2D eigenvalue weighted by atomic mass is 9.43. The zero-order chi connectivity index (χ0) is 18.9. The van der Waals surface area contributed by atoms with E-state index in [-0.39, 0.29) is 52.8 Å². The van der Waals surface area contributed by atoms with Crippen LogP contribution in [0.3, 0.4) is 0 Å². The third-order valence-electron chi connectivity index (χ3n) is 10.7. The zero-order valence-electron chi connectivity index (χ0n) is 16.8. The first-order valence-electron chi connectivity index (χ1n) is 11.2. The monoisotopic (exact) mass is 377 g/mol. The summed E-state index contributed by atoms with van der Waals surface area (Å²) in [6.07, 6.45) is 3.66. The molecule has 0 aromatic rings. The highest BCUT2D eigenvalue weighted by Gasteiger charge is 2.82. The summed E-state index contributed by atoms with van der Waals surface area (Å²) in [6.45, 7) is 6.74. The van der Waals surface area contributed by atoms with Gasteiger partial charge in [-0.15, -0.1) is 0 Å². The zero-order valence-corrected chi connectivity index (χ0v) is 16.8. The van der Waals surface area contributed by atoms with Crippen LogP contribution in [0.1, 0.15) is 46.0 Å². The molecule has 5 saturated carbocycles. The first kappa shape index (κ1) is 17.6. The number of fused-ring (bicyclic) bond motifs is 2. The molecule has 6 fully saturated rings. The molecule has 1 saturated heterocycles. The third-order valence-corrected chi connectivity index (χ3v) is 10.7. The SMILES string of the molecule is CCN1C[C@]2(C)CC[C@H](O)[C@@]34C5C[C@@H]6C(OC)C[C@@](O)(C5[C@H]6O)[C@H](C[C@H]23)[C@@H]14. The van der Waals surface area contributed by atoms with Crippen LogP contribution in [0.4, 0.5) is 0 Å². The first-order valence-corrected chi connectivity index (χ1v) is 11.2. The summed E-state index contributed by atoms with van der Waals surface area (Å²) >= 11 is 0. The van der Waals surface area contributed by atoms with Crippen molar-refractivity contribution in [1.29, 1.82) is 0 Å². The Morgan fingerprint density at radius 2 is 1.96 bits per heavy atom. The quantitative estimate of drug-likeness (QED) is 0.676.